The molecule has 5 rings (SSSR count). The smallest absolute Gasteiger partial charge is 0.387 e. The molecule has 0 spiro atoms. The van der Waals surface area contributed by atoms with Crippen molar-refractivity contribution < 1.29 is 47.1 Å². The molecule has 1 aromatic carbocycles. The quantitative estimate of drug-likeness (QED) is 0.0296. The Morgan fingerprint density at radius 2 is 1.57 bits per heavy atom. The largest absolute Gasteiger partial charge is 0.472 e. The van der Waals surface area contributed by atoms with E-state index < -0.39 is 49.8 Å². The third kappa shape index (κ3) is 13.8. The van der Waals surface area contributed by atoms with Gasteiger partial charge in [-0.15, -0.1) is 0 Å². The number of benzene rings is 1. The Balaban J connectivity index is 1.09. The van der Waals surface area contributed by atoms with E-state index >= 15 is 0 Å². The first kappa shape index (κ1) is 47.7. The molecule has 4 heterocycles. The Labute approximate surface area is 353 Å². The van der Waals surface area contributed by atoms with E-state index in [9.17, 15) is 24.1 Å². The zero-order valence-corrected chi connectivity index (χ0v) is 36.4. The van der Waals surface area contributed by atoms with Crippen molar-refractivity contribution in [2.75, 3.05) is 12.3 Å². The maximum atomic E-state index is 14.6. The predicted octanol–water partition coefficient (Wildman–Crippen LogP) is 9.20. The molecule has 1 fully saturated rings. The lowest BCUT2D eigenvalue weighted by Crippen LogP contribution is -2.49. The number of hydrogen-bond acceptors (Lipinski definition) is 13. The van der Waals surface area contributed by atoms with Gasteiger partial charge in [-0.2, -0.15) is 10.1 Å². The molecule has 60 heavy (non-hydrogen) atoms. The van der Waals surface area contributed by atoms with E-state index in [-0.39, 0.29) is 24.9 Å². The van der Waals surface area contributed by atoms with Crippen LogP contribution < -0.4 is 5.73 Å². The van der Waals surface area contributed by atoms with Crippen molar-refractivity contribution in [2.24, 2.45) is 0 Å². The third-order valence-electron chi connectivity index (χ3n) is 11.6. The second-order valence-corrected chi connectivity index (χ2v) is 17.8. The molecule has 17 heteroatoms. The van der Waals surface area contributed by atoms with Gasteiger partial charge in [0.25, 0.3) is 0 Å². The monoisotopic (exact) mass is 860 g/mol. The number of aromatic nitrogens is 5. The topological polar surface area (TPSA) is 210 Å². The summed E-state index contributed by atoms with van der Waals surface area (Å²) in [6.45, 7) is 4.89. The molecule has 1 saturated heterocycles. The Kier molecular flexibility index (Phi) is 18.9. The highest BCUT2D eigenvalue weighted by atomic mass is 31.2. The summed E-state index contributed by atoms with van der Waals surface area (Å²) in [6, 6.07) is 7.64. The number of fused-ring (bicyclic) bond motifs is 1. The van der Waals surface area contributed by atoms with E-state index in [2.05, 4.69) is 27.1 Å². The van der Waals surface area contributed by atoms with E-state index in [0.717, 1.165) is 32.1 Å². The molecule has 0 aliphatic carbocycles. The van der Waals surface area contributed by atoms with Crippen molar-refractivity contribution in [3.8, 4) is 11.4 Å². The lowest BCUT2D eigenvalue weighted by molar-refractivity contribution is -0.133. The fraction of sp³-hybridized carbons (Fsp3) is 0.674. The number of nitrogens with zero attached hydrogens (tertiary/aromatic N) is 5. The summed E-state index contributed by atoms with van der Waals surface area (Å²) in [7, 11) is -4.77. The van der Waals surface area contributed by atoms with Crippen LogP contribution in [0.15, 0.2) is 47.6 Å². The van der Waals surface area contributed by atoms with Crippen LogP contribution in [0.1, 0.15) is 154 Å². The molecule has 0 radical (unpaired) electrons. The fourth-order valence-corrected chi connectivity index (χ4v) is 8.90. The molecule has 1 aliphatic heterocycles. The molecule has 0 saturated carbocycles. The van der Waals surface area contributed by atoms with E-state index in [1.54, 1.807) is 18.2 Å². The van der Waals surface area contributed by atoms with Crippen molar-refractivity contribution in [1.29, 1.82) is 0 Å². The summed E-state index contributed by atoms with van der Waals surface area (Å²) in [5.41, 5.74) is 6.15. The summed E-state index contributed by atoms with van der Waals surface area (Å²) >= 11 is 0. The summed E-state index contributed by atoms with van der Waals surface area (Å²) < 4.78 is 57.7. The van der Waals surface area contributed by atoms with Gasteiger partial charge in [0.05, 0.1) is 31.1 Å². The lowest BCUT2D eigenvalue weighted by Gasteiger charge is -2.34. The molecule has 0 amide bonds. The van der Waals surface area contributed by atoms with Gasteiger partial charge >= 0.3 is 7.82 Å². The first-order valence-corrected chi connectivity index (χ1v) is 23.4. The summed E-state index contributed by atoms with van der Waals surface area (Å²) in [5.74, 6) is -0.0474. The molecule has 15 nitrogen and oxygen atoms in total. The Hall–Kier alpha value is -3.34. The van der Waals surface area contributed by atoms with E-state index in [0.29, 0.717) is 28.8 Å². The number of nitrogens with two attached hydrogens (primary N) is 1. The molecule has 3 aromatic heterocycles. The van der Waals surface area contributed by atoms with Crippen LogP contribution >= 0.6 is 7.82 Å². The summed E-state index contributed by atoms with van der Waals surface area (Å²) in [6.07, 6.45) is 18.3. The van der Waals surface area contributed by atoms with Crippen LogP contribution in [0, 0.1) is 5.82 Å². The lowest BCUT2D eigenvalue weighted by atomic mass is 9.91. The number of phosphoric ester groups is 1. The van der Waals surface area contributed by atoms with Crippen molar-refractivity contribution in [1.82, 2.24) is 24.7 Å². The predicted molar refractivity (Wildman–Crippen MR) is 225 cm³/mol. The minimum absolute atomic E-state index is 0.00897. The van der Waals surface area contributed by atoms with Crippen molar-refractivity contribution >= 4 is 19.2 Å². The molecule has 1 aliphatic rings. The number of rotatable bonds is 29. The Morgan fingerprint density at radius 3 is 2.18 bits per heavy atom. The number of unbranched alkanes of at least 4 members (excludes halogenated alkanes) is 16. The van der Waals surface area contributed by atoms with E-state index in [4.69, 9.17) is 28.8 Å². The number of hydrogen-bond donors (Lipinski definition) is 4. The zero-order chi connectivity index (χ0) is 43.0. The van der Waals surface area contributed by atoms with Gasteiger partial charge in [-0.3, -0.25) is 9.05 Å². The Bertz CT molecular complexity index is 1900. The van der Waals surface area contributed by atoms with Gasteiger partial charge in [-0.1, -0.05) is 121 Å². The molecule has 1 unspecified atom stereocenters. The summed E-state index contributed by atoms with van der Waals surface area (Å²) in [4.78, 5) is 18.9. The van der Waals surface area contributed by atoms with E-state index in [1.165, 1.54) is 120 Å². The maximum Gasteiger partial charge on any atom is 0.472 e. The molecule has 334 valence electrons. The van der Waals surface area contributed by atoms with Crippen LogP contribution in [0.3, 0.4) is 0 Å². The van der Waals surface area contributed by atoms with Gasteiger partial charge in [0, 0.05) is 5.56 Å². The van der Waals surface area contributed by atoms with Crippen LogP contribution in [-0.2, 0) is 29.7 Å². The molecule has 4 aromatic rings. The number of ether oxygens (including phenoxy) is 2. The molecule has 5 N–H and O–H groups in total. The fourth-order valence-electron chi connectivity index (χ4n) is 7.88. The van der Waals surface area contributed by atoms with Gasteiger partial charge in [-0.25, -0.2) is 18.5 Å². The average molecular weight is 861 g/mol. The van der Waals surface area contributed by atoms with Crippen LogP contribution in [0.2, 0.25) is 0 Å². The number of nitrogen functional groups attached to an aromatic ring is 1. The van der Waals surface area contributed by atoms with Gasteiger partial charge in [-0.05, 0) is 56.2 Å². The average Bonchev–Trinajstić information content (AvgIpc) is 3.97. The molecule has 7 atom stereocenters. The van der Waals surface area contributed by atoms with Crippen LogP contribution in [-0.4, -0.2) is 76.5 Å². The first-order valence-electron chi connectivity index (χ1n) is 21.9. The molecular formula is C43H66FN6O9P. The number of anilines is 1. The van der Waals surface area contributed by atoms with Gasteiger partial charge in [0.15, 0.2) is 5.82 Å². The van der Waals surface area contributed by atoms with Gasteiger partial charge < -0.3 is 34.8 Å². The van der Waals surface area contributed by atoms with Crippen molar-refractivity contribution in [2.45, 2.75) is 179 Å². The SMILES string of the molecule is CCCCCCCCCCCCCCCCCCC[C@H](COP(=O)(O)O[C@@H](C)[C@@]1(C)O[C@@H](c2ccc3c(N)ncnn23)[C@H](O)[C@@H]1O)OCc1cc(F)cc(-c2ncon2)c1. The number of halogens is 1. The van der Waals surface area contributed by atoms with Crippen LogP contribution in [0.25, 0.3) is 16.9 Å². The van der Waals surface area contributed by atoms with Crippen molar-refractivity contribution in [3.63, 3.8) is 0 Å². The van der Waals surface area contributed by atoms with Crippen molar-refractivity contribution in [3.05, 3.63) is 60.1 Å². The molecule has 0 bridgehead atoms. The second kappa shape index (κ2) is 23.8. The normalized spacial score (nSPS) is 21.4. The summed E-state index contributed by atoms with van der Waals surface area (Å²) in [5, 5.41) is 30.2. The Morgan fingerprint density at radius 1 is 0.933 bits per heavy atom. The van der Waals surface area contributed by atoms with E-state index in [1.807, 2.05) is 0 Å². The number of aliphatic hydroxyl groups is 2. The number of phosphoric acid groups is 1. The van der Waals surface area contributed by atoms with Crippen LogP contribution in [0.4, 0.5) is 10.2 Å². The highest BCUT2D eigenvalue weighted by Gasteiger charge is 2.57. The minimum Gasteiger partial charge on any atom is -0.387 e. The van der Waals surface area contributed by atoms with Gasteiger partial charge in [0.2, 0.25) is 12.2 Å². The second-order valence-electron chi connectivity index (χ2n) is 16.4. The van der Waals surface area contributed by atoms with Gasteiger partial charge in [0.1, 0.15) is 41.6 Å². The zero-order valence-electron chi connectivity index (χ0n) is 35.5. The molecular weight excluding hydrogens is 794 g/mol. The highest BCUT2D eigenvalue weighted by Crippen LogP contribution is 2.50. The maximum absolute atomic E-state index is 14.6. The number of aliphatic hydroxyl groups excluding tert-OH is 2. The third-order valence-corrected chi connectivity index (χ3v) is 12.7. The van der Waals surface area contributed by atoms with Crippen LogP contribution in [0.5, 0.6) is 0 Å². The minimum atomic E-state index is -4.77. The first-order chi connectivity index (χ1) is 28.9. The highest BCUT2D eigenvalue weighted by molar-refractivity contribution is 7.47. The standard InChI is InChI=1S/C43H66FN6O9P/c1-4-5-6-7-8-9-10-11-12-13-14-15-16-17-18-19-20-21-35(55-27-32-24-33(26-34(44)25-32)42-47-30-56-49-42)28-57-60(53,54)59-31(2)43(3)40(52)38(51)39(58-43)36-22-23-37-41(45)46-29-48-50(36)37/h22-26,29-31,35,38-40,51-52H,4-21,27-28H2,1-3H3,(H,53,54)(H2,45,46,48)/t31-,35+,38-,39-,40-,43+/m0/s1.